The lowest BCUT2D eigenvalue weighted by Crippen LogP contribution is -1.92. The number of aromatic nitrogens is 2. The fourth-order valence-electron chi connectivity index (χ4n) is 0.776. The highest BCUT2D eigenvalue weighted by Gasteiger charge is 2.05. The van der Waals surface area contributed by atoms with E-state index in [2.05, 4.69) is 23.1 Å². The Morgan fingerprint density at radius 3 is 2.25 bits per heavy atom. The van der Waals surface area contributed by atoms with Gasteiger partial charge in [0.25, 0.3) is 0 Å². The van der Waals surface area contributed by atoms with Crippen LogP contribution in [0.4, 0.5) is 0 Å². The Bertz CT molecular complexity index is 334. The molecule has 1 aromatic rings. The second-order valence-electron chi connectivity index (χ2n) is 1.99. The van der Waals surface area contributed by atoms with Gasteiger partial charge in [-0.1, -0.05) is 30.8 Å². The Morgan fingerprint density at radius 2 is 1.75 bits per heavy atom. The Balaban J connectivity index is 3.43. The first-order valence-electron chi connectivity index (χ1n) is 3.17. The zero-order valence-electron chi connectivity index (χ0n) is 6.22. The van der Waals surface area contributed by atoms with Crippen molar-refractivity contribution >= 4 is 35.4 Å². The summed E-state index contributed by atoms with van der Waals surface area (Å²) in [6.07, 6.45) is 3.12. The number of hydrogen-bond donors (Lipinski definition) is 0. The standard InChI is InChI=1S/C8H6Cl2N2/c1-3-5-6(4-2)11-8(10)12-7(5)9/h3-4H,1-2H2. The maximum Gasteiger partial charge on any atom is 0.224 e. The molecule has 0 aromatic carbocycles. The highest BCUT2D eigenvalue weighted by atomic mass is 35.5. The summed E-state index contributed by atoms with van der Waals surface area (Å²) in [5, 5.41) is 0.403. The van der Waals surface area contributed by atoms with E-state index in [1.165, 1.54) is 0 Å². The summed E-state index contributed by atoms with van der Waals surface area (Å²) in [4.78, 5) is 7.66. The molecular weight excluding hydrogens is 195 g/mol. The van der Waals surface area contributed by atoms with E-state index in [0.29, 0.717) is 16.4 Å². The molecule has 0 aliphatic carbocycles. The molecule has 0 bridgehead atoms. The zero-order chi connectivity index (χ0) is 9.14. The number of nitrogens with zero attached hydrogens (tertiary/aromatic N) is 2. The van der Waals surface area contributed by atoms with E-state index in [1.54, 1.807) is 12.2 Å². The molecule has 1 rings (SSSR count). The molecular formula is C8H6Cl2N2. The van der Waals surface area contributed by atoms with Crippen LogP contribution in [-0.2, 0) is 0 Å². The fraction of sp³-hybridized carbons (Fsp3) is 0. The van der Waals surface area contributed by atoms with Gasteiger partial charge < -0.3 is 0 Å². The molecule has 0 fully saturated rings. The van der Waals surface area contributed by atoms with Crippen molar-refractivity contribution in [1.29, 1.82) is 0 Å². The van der Waals surface area contributed by atoms with E-state index in [4.69, 9.17) is 23.2 Å². The molecule has 0 atom stereocenters. The molecule has 1 heterocycles. The topological polar surface area (TPSA) is 25.8 Å². The van der Waals surface area contributed by atoms with E-state index >= 15 is 0 Å². The molecule has 0 aliphatic rings. The summed E-state index contributed by atoms with van der Waals surface area (Å²) in [5.41, 5.74) is 1.24. The van der Waals surface area contributed by atoms with Crippen molar-refractivity contribution in [3.63, 3.8) is 0 Å². The quantitative estimate of drug-likeness (QED) is 0.542. The maximum absolute atomic E-state index is 5.76. The van der Waals surface area contributed by atoms with Gasteiger partial charge in [-0.15, -0.1) is 0 Å². The number of hydrogen-bond acceptors (Lipinski definition) is 2. The molecule has 0 aliphatic heterocycles. The average Bonchev–Trinajstić information content (AvgIpc) is 2.03. The second-order valence-corrected chi connectivity index (χ2v) is 2.69. The van der Waals surface area contributed by atoms with E-state index in [9.17, 15) is 0 Å². The van der Waals surface area contributed by atoms with Crippen LogP contribution in [0.15, 0.2) is 13.2 Å². The Labute approximate surface area is 80.6 Å². The molecule has 0 saturated heterocycles. The summed E-state index contributed by atoms with van der Waals surface area (Å²) in [7, 11) is 0. The minimum absolute atomic E-state index is 0.112. The second kappa shape index (κ2) is 3.70. The average molecular weight is 201 g/mol. The van der Waals surface area contributed by atoms with Crippen LogP contribution >= 0.6 is 23.2 Å². The van der Waals surface area contributed by atoms with Gasteiger partial charge in [-0.3, -0.25) is 0 Å². The van der Waals surface area contributed by atoms with Crippen molar-refractivity contribution in [2.75, 3.05) is 0 Å². The van der Waals surface area contributed by atoms with Crippen LogP contribution in [-0.4, -0.2) is 9.97 Å². The minimum atomic E-state index is 0.112. The molecule has 12 heavy (non-hydrogen) atoms. The van der Waals surface area contributed by atoms with Crippen molar-refractivity contribution in [1.82, 2.24) is 9.97 Å². The SMILES string of the molecule is C=Cc1nc(Cl)nc(Cl)c1C=C. The predicted octanol–water partition coefficient (Wildman–Crippen LogP) is 3.07. The van der Waals surface area contributed by atoms with Gasteiger partial charge in [-0.05, 0) is 17.7 Å². The van der Waals surface area contributed by atoms with Gasteiger partial charge in [-0.2, -0.15) is 0 Å². The van der Waals surface area contributed by atoms with Gasteiger partial charge in [0.1, 0.15) is 5.15 Å². The monoisotopic (exact) mass is 200 g/mol. The first kappa shape index (κ1) is 9.23. The molecule has 1 aromatic heterocycles. The lowest BCUT2D eigenvalue weighted by Gasteiger charge is -2.01. The highest BCUT2D eigenvalue weighted by Crippen LogP contribution is 2.20. The maximum atomic E-state index is 5.76. The van der Waals surface area contributed by atoms with Gasteiger partial charge in [0.05, 0.1) is 5.69 Å². The smallest absolute Gasteiger partial charge is 0.218 e. The molecule has 0 amide bonds. The lowest BCUT2D eigenvalue weighted by atomic mass is 10.2. The Kier molecular flexibility index (Phi) is 2.84. The zero-order valence-corrected chi connectivity index (χ0v) is 7.73. The third-order valence-corrected chi connectivity index (χ3v) is 1.76. The minimum Gasteiger partial charge on any atom is -0.218 e. The summed E-state index contributed by atoms with van der Waals surface area (Å²) >= 11 is 11.3. The van der Waals surface area contributed by atoms with Gasteiger partial charge in [0, 0.05) is 5.56 Å². The Hall–Kier alpha value is -0.860. The first-order valence-corrected chi connectivity index (χ1v) is 3.92. The summed E-state index contributed by atoms with van der Waals surface area (Å²) in [5.74, 6) is 0. The van der Waals surface area contributed by atoms with Crippen LogP contribution in [0.5, 0.6) is 0 Å². The van der Waals surface area contributed by atoms with Crippen LogP contribution in [0.2, 0.25) is 10.4 Å². The van der Waals surface area contributed by atoms with Crippen molar-refractivity contribution in [3.8, 4) is 0 Å². The van der Waals surface area contributed by atoms with E-state index < -0.39 is 0 Å². The number of rotatable bonds is 2. The first-order chi connectivity index (χ1) is 5.69. The van der Waals surface area contributed by atoms with Gasteiger partial charge in [0.2, 0.25) is 5.28 Å². The fourth-order valence-corrected chi connectivity index (χ4v) is 1.25. The normalized spacial score (nSPS) is 9.50. The van der Waals surface area contributed by atoms with Crippen LogP contribution in [0.25, 0.3) is 12.2 Å². The highest BCUT2D eigenvalue weighted by molar-refractivity contribution is 6.33. The molecule has 0 radical (unpaired) electrons. The van der Waals surface area contributed by atoms with Crippen molar-refractivity contribution in [2.24, 2.45) is 0 Å². The lowest BCUT2D eigenvalue weighted by molar-refractivity contribution is 1.14. The van der Waals surface area contributed by atoms with Crippen LogP contribution < -0.4 is 0 Å². The van der Waals surface area contributed by atoms with E-state index in [0.717, 1.165) is 0 Å². The molecule has 0 saturated carbocycles. The molecule has 0 N–H and O–H groups in total. The molecule has 4 heteroatoms. The van der Waals surface area contributed by atoms with Gasteiger partial charge >= 0.3 is 0 Å². The predicted molar refractivity (Wildman–Crippen MR) is 52.2 cm³/mol. The van der Waals surface area contributed by atoms with Crippen LogP contribution in [0, 0.1) is 0 Å². The Morgan fingerprint density at radius 1 is 1.08 bits per heavy atom. The molecule has 62 valence electrons. The summed E-state index contributed by atoms with van der Waals surface area (Å²) in [6, 6.07) is 0. The van der Waals surface area contributed by atoms with Crippen LogP contribution in [0.3, 0.4) is 0 Å². The van der Waals surface area contributed by atoms with Crippen molar-refractivity contribution < 1.29 is 0 Å². The van der Waals surface area contributed by atoms with E-state index in [1.807, 2.05) is 0 Å². The number of halogens is 2. The largest absolute Gasteiger partial charge is 0.224 e. The molecule has 0 spiro atoms. The van der Waals surface area contributed by atoms with Crippen LogP contribution in [0.1, 0.15) is 11.3 Å². The summed E-state index contributed by atoms with van der Waals surface area (Å²) in [6.45, 7) is 7.14. The van der Waals surface area contributed by atoms with Gasteiger partial charge in [-0.25, -0.2) is 9.97 Å². The molecule has 2 nitrogen and oxygen atoms in total. The molecule has 0 unspecified atom stereocenters. The third-order valence-electron chi connectivity index (χ3n) is 1.30. The van der Waals surface area contributed by atoms with Gasteiger partial charge in [0.15, 0.2) is 0 Å². The van der Waals surface area contributed by atoms with Crippen molar-refractivity contribution in [2.45, 2.75) is 0 Å². The summed E-state index contributed by atoms with van der Waals surface area (Å²) < 4.78 is 0. The van der Waals surface area contributed by atoms with Crippen molar-refractivity contribution in [3.05, 3.63) is 34.9 Å². The third kappa shape index (κ3) is 1.65. The van der Waals surface area contributed by atoms with E-state index in [-0.39, 0.29) is 5.28 Å².